The Morgan fingerprint density at radius 1 is 1.12 bits per heavy atom. The molecule has 1 aliphatic rings. The van der Waals surface area contributed by atoms with Crippen LogP contribution in [0.25, 0.3) is 0 Å². The van der Waals surface area contributed by atoms with Crippen LogP contribution >= 0.6 is 0 Å². The molecule has 0 spiro atoms. The van der Waals surface area contributed by atoms with E-state index in [9.17, 15) is 18.8 Å². The summed E-state index contributed by atoms with van der Waals surface area (Å²) in [5.41, 5.74) is 12.1. The van der Waals surface area contributed by atoms with E-state index in [1.54, 1.807) is 23.1 Å². The number of primary amides is 1. The van der Waals surface area contributed by atoms with Gasteiger partial charge in [0.25, 0.3) is 0 Å². The van der Waals surface area contributed by atoms with E-state index in [-0.39, 0.29) is 37.7 Å². The van der Waals surface area contributed by atoms with E-state index in [0.717, 1.165) is 12.0 Å². The molecular formula is C25H31FN4O4. The van der Waals surface area contributed by atoms with Gasteiger partial charge in [-0.1, -0.05) is 37.3 Å². The first-order valence-electron chi connectivity index (χ1n) is 11.3. The first-order valence-corrected chi connectivity index (χ1v) is 11.3. The molecule has 0 radical (unpaired) electrons. The summed E-state index contributed by atoms with van der Waals surface area (Å²) < 4.78 is 20.3. The van der Waals surface area contributed by atoms with Crippen molar-refractivity contribution in [2.45, 2.75) is 32.1 Å². The lowest BCUT2D eigenvalue weighted by atomic mass is 9.66. The first kappa shape index (κ1) is 25.2. The fraction of sp³-hybridized carbons (Fsp3) is 0.400. The average molecular weight is 471 g/mol. The number of carbonyl (C=O) groups excluding carboxylic acids is 3. The smallest absolute Gasteiger partial charge is 0.411 e. The van der Waals surface area contributed by atoms with Crippen molar-refractivity contribution in [3.05, 3.63) is 65.5 Å². The second kappa shape index (κ2) is 11.1. The molecule has 2 aromatic rings. The molecule has 1 aliphatic heterocycles. The van der Waals surface area contributed by atoms with Crippen molar-refractivity contribution in [2.75, 3.05) is 31.6 Å². The van der Waals surface area contributed by atoms with Crippen LogP contribution in [0.15, 0.2) is 48.5 Å². The number of nitrogens with two attached hydrogens (primary N) is 2. The van der Waals surface area contributed by atoms with E-state index in [4.69, 9.17) is 16.2 Å². The second-order valence-corrected chi connectivity index (χ2v) is 8.56. The molecule has 0 bridgehead atoms. The summed E-state index contributed by atoms with van der Waals surface area (Å²) in [6.45, 7) is 2.32. The number of amides is 3. The maximum Gasteiger partial charge on any atom is 0.411 e. The maximum absolute atomic E-state index is 14.7. The number of hydrogen-bond acceptors (Lipinski definition) is 5. The highest BCUT2D eigenvalue weighted by atomic mass is 19.1. The Morgan fingerprint density at radius 3 is 2.32 bits per heavy atom. The average Bonchev–Trinajstić information content (AvgIpc) is 2.84. The van der Waals surface area contributed by atoms with Gasteiger partial charge in [0.15, 0.2) is 0 Å². The molecule has 1 fully saturated rings. The van der Waals surface area contributed by atoms with Crippen LogP contribution in [0, 0.1) is 11.2 Å². The van der Waals surface area contributed by atoms with Crippen molar-refractivity contribution in [1.29, 1.82) is 0 Å². The predicted octanol–water partition coefficient (Wildman–Crippen LogP) is 2.77. The van der Waals surface area contributed by atoms with Crippen LogP contribution < -0.4 is 16.8 Å². The number of benzene rings is 2. The third-order valence-electron chi connectivity index (χ3n) is 6.50. The van der Waals surface area contributed by atoms with Crippen LogP contribution in [0.2, 0.25) is 0 Å². The Morgan fingerprint density at radius 2 is 1.76 bits per heavy atom. The van der Waals surface area contributed by atoms with Gasteiger partial charge in [-0.3, -0.25) is 14.9 Å². The summed E-state index contributed by atoms with van der Waals surface area (Å²) >= 11 is 0. The minimum Gasteiger partial charge on any atom is -0.449 e. The molecule has 8 nitrogen and oxygen atoms in total. The number of rotatable bonds is 8. The van der Waals surface area contributed by atoms with Gasteiger partial charge in [-0.15, -0.1) is 0 Å². The Hall–Kier alpha value is -3.46. The van der Waals surface area contributed by atoms with Crippen LogP contribution in [0.3, 0.4) is 0 Å². The monoisotopic (exact) mass is 470 g/mol. The van der Waals surface area contributed by atoms with Gasteiger partial charge in [0.1, 0.15) is 12.4 Å². The summed E-state index contributed by atoms with van der Waals surface area (Å²) in [4.78, 5) is 38.9. The SMILES string of the molecule is CCc1ccc(NC(=O)OCC2(C(C(N)=O)c3ccccc3F)CCN(C(=O)CN)CC2)cc1. The minimum atomic E-state index is -1.04. The number of ether oxygens (including phenoxy) is 1. The number of nitrogens with zero attached hydrogens (tertiary/aromatic N) is 1. The number of nitrogens with one attached hydrogen (secondary N) is 1. The Kier molecular flexibility index (Phi) is 8.22. The molecule has 3 amide bonds. The molecule has 1 saturated heterocycles. The third-order valence-corrected chi connectivity index (χ3v) is 6.50. The molecule has 2 aromatic carbocycles. The number of piperidine rings is 1. The topological polar surface area (TPSA) is 128 Å². The molecule has 0 saturated carbocycles. The lowest BCUT2D eigenvalue weighted by molar-refractivity contribution is -0.134. The minimum absolute atomic E-state index is 0.130. The van der Waals surface area contributed by atoms with E-state index < -0.39 is 29.2 Å². The normalized spacial score (nSPS) is 15.9. The van der Waals surface area contributed by atoms with Crippen LogP contribution in [-0.4, -0.2) is 49.0 Å². The predicted molar refractivity (Wildman–Crippen MR) is 126 cm³/mol. The number of carbonyl (C=O) groups is 3. The van der Waals surface area contributed by atoms with Crippen LogP contribution in [0.5, 0.6) is 0 Å². The molecule has 1 heterocycles. The van der Waals surface area contributed by atoms with E-state index in [1.807, 2.05) is 19.1 Å². The molecular weight excluding hydrogens is 439 g/mol. The van der Waals surface area contributed by atoms with E-state index in [0.29, 0.717) is 18.5 Å². The molecule has 9 heteroatoms. The third kappa shape index (κ3) is 5.72. The molecule has 0 aromatic heterocycles. The highest BCUT2D eigenvalue weighted by Crippen LogP contribution is 2.45. The van der Waals surface area contributed by atoms with Crippen molar-refractivity contribution in [1.82, 2.24) is 4.90 Å². The van der Waals surface area contributed by atoms with Gasteiger partial charge in [0, 0.05) is 29.8 Å². The molecule has 0 aliphatic carbocycles. The summed E-state index contributed by atoms with van der Waals surface area (Å²) in [7, 11) is 0. The maximum atomic E-state index is 14.7. The number of likely N-dealkylation sites (tertiary alicyclic amines) is 1. The van der Waals surface area contributed by atoms with Gasteiger partial charge in [-0.2, -0.15) is 0 Å². The summed E-state index contributed by atoms with van der Waals surface area (Å²) in [6.07, 6.45) is 0.764. The number of hydrogen-bond donors (Lipinski definition) is 3. The van der Waals surface area contributed by atoms with Gasteiger partial charge in [0.2, 0.25) is 11.8 Å². The van der Waals surface area contributed by atoms with Gasteiger partial charge in [0.05, 0.1) is 12.5 Å². The fourth-order valence-electron chi connectivity index (χ4n) is 4.53. The van der Waals surface area contributed by atoms with Gasteiger partial charge < -0.3 is 21.1 Å². The zero-order valence-corrected chi connectivity index (χ0v) is 19.3. The lowest BCUT2D eigenvalue weighted by Crippen LogP contribution is -2.51. The van der Waals surface area contributed by atoms with E-state index in [2.05, 4.69) is 5.32 Å². The largest absolute Gasteiger partial charge is 0.449 e. The zero-order valence-electron chi connectivity index (χ0n) is 19.3. The summed E-state index contributed by atoms with van der Waals surface area (Å²) in [6, 6.07) is 13.3. The fourth-order valence-corrected chi connectivity index (χ4v) is 4.53. The van der Waals surface area contributed by atoms with Crippen LogP contribution in [0.1, 0.15) is 36.8 Å². The molecule has 34 heavy (non-hydrogen) atoms. The molecule has 1 unspecified atom stereocenters. The van der Waals surface area contributed by atoms with Gasteiger partial charge in [-0.05, 0) is 43.0 Å². The van der Waals surface area contributed by atoms with Crippen molar-refractivity contribution < 1.29 is 23.5 Å². The zero-order chi connectivity index (χ0) is 24.7. The van der Waals surface area contributed by atoms with Crippen LogP contribution in [-0.2, 0) is 20.7 Å². The molecule has 1 atom stereocenters. The van der Waals surface area contributed by atoms with E-state index in [1.165, 1.54) is 18.2 Å². The molecule has 182 valence electrons. The van der Waals surface area contributed by atoms with Crippen molar-refractivity contribution >= 4 is 23.6 Å². The Balaban J connectivity index is 1.83. The Bertz CT molecular complexity index is 1020. The Labute approximate surface area is 198 Å². The van der Waals surface area contributed by atoms with Crippen molar-refractivity contribution in [3.63, 3.8) is 0 Å². The summed E-state index contributed by atoms with van der Waals surface area (Å²) in [5, 5.41) is 2.67. The van der Waals surface area contributed by atoms with Crippen LogP contribution in [0.4, 0.5) is 14.9 Å². The molecule has 5 N–H and O–H groups in total. The molecule has 3 rings (SSSR count). The van der Waals surface area contributed by atoms with Gasteiger partial charge >= 0.3 is 6.09 Å². The highest BCUT2D eigenvalue weighted by molar-refractivity contribution is 5.85. The standard InChI is InChI=1S/C25H31FN4O4/c1-2-17-7-9-18(10-8-17)29-24(33)34-16-25(11-13-30(14-12-25)21(31)15-27)22(23(28)32)19-5-3-4-6-20(19)26/h3-10,22H,2,11-16,27H2,1H3,(H2,28,32)(H,29,33). The summed E-state index contributed by atoms with van der Waals surface area (Å²) in [5.74, 6) is -2.54. The van der Waals surface area contributed by atoms with E-state index >= 15 is 0 Å². The first-order chi connectivity index (χ1) is 16.3. The number of aryl methyl sites for hydroxylation is 1. The second-order valence-electron chi connectivity index (χ2n) is 8.56. The van der Waals surface area contributed by atoms with Crippen molar-refractivity contribution in [2.24, 2.45) is 16.9 Å². The number of anilines is 1. The quantitative estimate of drug-likeness (QED) is 0.547. The van der Waals surface area contributed by atoms with Gasteiger partial charge in [-0.25, -0.2) is 9.18 Å². The van der Waals surface area contributed by atoms with Crippen molar-refractivity contribution in [3.8, 4) is 0 Å². The highest BCUT2D eigenvalue weighted by Gasteiger charge is 2.47. The number of halogens is 1. The lowest BCUT2D eigenvalue weighted by Gasteiger charge is -2.45.